The van der Waals surface area contributed by atoms with Crippen LogP contribution >= 0.6 is 0 Å². The summed E-state index contributed by atoms with van der Waals surface area (Å²) < 4.78 is 29.9. The Labute approximate surface area is 158 Å². The molecule has 0 aliphatic carbocycles. The lowest BCUT2D eigenvalue weighted by Gasteiger charge is -2.22. The van der Waals surface area contributed by atoms with Gasteiger partial charge >= 0.3 is 0 Å². The van der Waals surface area contributed by atoms with Crippen molar-refractivity contribution in [3.05, 3.63) is 29.8 Å². The first kappa shape index (κ1) is 22.2. The number of aliphatic imine (C=N–C) groups is 1. The molecular formula is C18H32N4O3S. The molecule has 0 aromatic heterocycles. The van der Waals surface area contributed by atoms with E-state index in [1.807, 2.05) is 45.2 Å². The second kappa shape index (κ2) is 11.0. The van der Waals surface area contributed by atoms with Gasteiger partial charge in [0.1, 0.15) is 5.75 Å². The molecular weight excluding hydrogens is 352 g/mol. The van der Waals surface area contributed by atoms with Gasteiger partial charge in [-0.3, -0.25) is 4.99 Å². The highest BCUT2D eigenvalue weighted by molar-refractivity contribution is 7.88. The summed E-state index contributed by atoms with van der Waals surface area (Å²) in [5.74, 6) is 1.65. The van der Waals surface area contributed by atoms with Crippen LogP contribution < -0.4 is 10.1 Å². The average molecular weight is 385 g/mol. The molecule has 1 aromatic rings. The SMILES string of the molecule is CCNC(=NCCCN(CC)S(C)(=O)=O)N(C)Cc1ccc(OC)cc1. The van der Waals surface area contributed by atoms with Crippen LogP contribution in [0.1, 0.15) is 25.8 Å². The Kier molecular flexibility index (Phi) is 9.43. The predicted octanol–water partition coefficient (Wildman–Crippen LogP) is 1.76. The third-order valence-electron chi connectivity index (χ3n) is 3.92. The lowest BCUT2D eigenvalue weighted by Crippen LogP contribution is -2.38. The van der Waals surface area contributed by atoms with E-state index in [4.69, 9.17) is 4.74 Å². The van der Waals surface area contributed by atoms with Gasteiger partial charge in [-0.15, -0.1) is 0 Å². The van der Waals surface area contributed by atoms with Gasteiger partial charge in [0.05, 0.1) is 13.4 Å². The van der Waals surface area contributed by atoms with Crippen LogP contribution in [0.2, 0.25) is 0 Å². The van der Waals surface area contributed by atoms with Crippen molar-refractivity contribution in [2.75, 3.05) is 46.6 Å². The lowest BCUT2D eigenvalue weighted by molar-refractivity contribution is 0.414. The fourth-order valence-corrected chi connectivity index (χ4v) is 3.47. The quantitative estimate of drug-likeness (QED) is 0.378. The molecule has 0 bridgehead atoms. The molecule has 0 spiro atoms. The zero-order valence-electron chi connectivity index (χ0n) is 16.5. The summed E-state index contributed by atoms with van der Waals surface area (Å²) in [6.45, 7) is 6.91. The summed E-state index contributed by atoms with van der Waals surface area (Å²) >= 11 is 0. The molecule has 0 fully saturated rings. The molecule has 148 valence electrons. The molecule has 0 amide bonds. The van der Waals surface area contributed by atoms with Crippen LogP contribution in [0.5, 0.6) is 5.75 Å². The zero-order valence-corrected chi connectivity index (χ0v) is 17.3. The fourth-order valence-electron chi connectivity index (χ4n) is 2.54. The van der Waals surface area contributed by atoms with Crippen LogP contribution in [0.25, 0.3) is 0 Å². The third kappa shape index (κ3) is 7.61. The maximum absolute atomic E-state index is 11.6. The van der Waals surface area contributed by atoms with Crippen molar-refractivity contribution < 1.29 is 13.2 Å². The van der Waals surface area contributed by atoms with E-state index in [1.165, 1.54) is 10.6 Å². The van der Waals surface area contributed by atoms with E-state index in [-0.39, 0.29) is 0 Å². The first-order valence-corrected chi connectivity index (χ1v) is 10.7. The highest BCUT2D eigenvalue weighted by atomic mass is 32.2. The number of sulfonamides is 1. The van der Waals surface area contributed by atoms with Gasteiger partial charge in [0.15, 0.2) is 5.96 Å². The van der Waals surface area contributed by atoms with Crippen LogP contribution in [-0.2, 0) is 16.6 Å². The standard InChI is InChI=1S/C18H32N4O3S/c1-6-19-18(20-13-8-14-22(7-2)26(5,23)24)21(3)15-16-9-11-17(25-4)12-10-16/h9-12H,6-8,13-15H2,1-5H3,(H,19,20). The van der Waals surface area contributed by atoms with Crippen LogP contribution in [0.15, 0.2) is 29.3 Å². The molecule has 1 rings (SSSR count). The van der Waals surface area contributed by atoms with Gasteiger partial charge in [-0.25, -0.2) is 12.7 Å². The Morgan fingerprint density at radius 2 is 1.88 bits per heavy atom. The molecule has 26 heavy (non-hydrogen) atoms. The van der Waals surface area contributed by atoms with Crippen molar-refractivity contribution in [3.63, 3.8) is 0 Å². The van der Waals surface area contributed by atoms with Gasteiger partial charge < -0.3 is 15.0 Å². The number of methoxy groups -OCH3 is 1. The van der Waals surface area contributed by atoms with Gasteiger partial charge in [0.25, 0.3) is 0 Å². The zero-order chi connectivity index (χ0) is 19.6. The van der Waals surface area contributed by atoms with E-state index in [0.29, 0.717) is 26.1 Å². The highest BCUT2D eigenvalue weighted by Gasteiger charge is 2.13. The summed E-state index contributed by atoms with van der Waals surface area (Å²) in [4.78, 5) is 6.67. The average Bonchev–Trinajstić information content (AvgIpc) is 2.60. The Hall–Kier alpha value is -1.80. The molecule has 7 nitrogen and oxygen atoms in total. The molecule has 0 atom stereocenters. The summed E-state index contributed by atoms with van der Waals surface area (Å²) in [5.41, 5.74) is 1.16. The minimum atomic E-state index is -3.14. The minimum Gasteiger partial charge on any atom is -0.497 e. The fraction of sp³-hybridized carbons (Fsp3) is 0.611. The first-order chi connectivity index (χ1) is 12.3. The number of hydrogen-bond donors (Lipinski definition) is 1. The van der Waals surface area contributed by atoms with Crippen molar-refractivity contribution in [1.29, 1.82) is 0 Å². The van der Waals surface area contributed by atoms with E-state index >= 15 is 0 Å². The van der Waals surface area contributed by atoms with Gasteiger partial charge in [-0.05, 0) is 31.0 Å². The topological polar surface area (TPSA) is 74.2 Å². The van der Waals surface area contributed by atoms with Gasteiger partial charge in [0.2, 0.25) is 10.0 Å². The van der Waals surface area contributed by atoms with Crippen molar-refractivity contribution in [2.45, 2.75) is 26.8 Å². The van der Waals surface area contributed by atoms with Crippen LogP contribution in [-0.4, -0.2) is 70.2 Å². The highest BCUT2D eigenvalue weighted by Crippen LogP contribution is 2.12. The molecule has 1 N–H and O–H groups in total. The number of rotatable bonds is 10. The molecule has 0 unspecified atom stereocenters. The molecule has 0 saturated carbocycles. The number of benzene rings is 1. The Morgan fingerprint density at radius 3 is 2.38 bits per heavy atom. The van der Waals surface area contributed by atoms with Crippen LogP contribution in [0.3, 0.4) is 0 Å². The number of hydrogen-bond acceptors (Lipinski definition) is 4. The van der Waals surface area contributed by atoms with E-state index in [0.717, 1.165) is 30.4 Å². The first-order valence-electron chi connectivity index (χ1n) is 8.89. The molecule has 0 saturated heterocycles. The van der Waals surface area contributed by atoms with Gasteiger partial charge in [-0.2, -0.15) is 0 Å². The summed E-state index contributed by atoms with van der Waals surface area (Å²) in [5, 5.41) is 3.28. The molecule has 8 heteroatoms. The van der Waals surface area contributed by atoms with E-state index in [9.17, 15) is 8.42 Å². The Morgan fingerprint density at radius 1 is 1.23 bits per heavy atom. The second-order valence-corrected chi connectivity index (χ2v) is 8.03. The molecule has 1 aromatic carbocycles. The van der Waals surface area contributed by atoms with Crippen molar-refractivity contribution in [2.24, 2.45) is 4.99 Å². The molecule has 0 radical (unpaired) electrons. The van der Waals surface area contributed by atoms with Gasteiger partial charge in [0, 0.05) is 39.8 Å². The van der Waals surface area contributed by atoms with E-state index in [1.54, 1.807) is 7.11 Å². The number of nitrogens with zero attached hydrogens (tertiary/aromatic N) is 3. The Bertz CT molecular complexity index is 660. The van der Waals surface area contributed by atoms with E-state index < -0.39 is 10.0 Å². The largest absolute Gasteiger partial charge is 0.497 e. The smallest absolute Gasteiger partial charge is 0.211 e. The normalized spacial score (nSPS) is 12.3. The van der Waals surface area contributed by atoms with Crippen molar-refractivity contribution >= 4 is 16.0 Å². The number of ether oxygens (including phenoxy) is 1. The minimum absolute atomic E-state index is 0.486. The van der Waals surface area contributed by atoms with E-state index in [2.05, 4.69) is 15.2 Å². The molecule has 0 aliphatic heterocycles. The van der Waals surface area contributed by atoms with Gasteiger partial charge in [-0.1, -0.05) is 19.1 Å². The number of guanidine groups is 1. The van der Waals surface area contributed by atoms with Crippen LogP contribution in [0, 0.1) is 0 Å². The predicted molar refractivity (Wildman–Crippen MR) is 107 cm³/mol. The summed E-state index contributed by atoms with van der Waals surface area (Å²) in [6.07, 6.45) is 1.93. The van der Waals surface area contributed by atoms with Crippen molar-refractivity contribution in [3.8, 4) is 5.75 Å². The molecule has 0 aliphatic rings. The maximum Gasteiger partial charge on any atom is 0.211 e. The van der Waals surface area contributed by atoms with Crippen LogP contribution in [0.4, 0.5) is 0 Å². The second-order valence-electron chi connectivity index (χ2n) is 6.05. The maximum atomic E-state index is 11.6. The number of nitrogens with one attached hydrogen (secondary N) is 1. The molecule has 0 heterocycles. The summed E-state index contributed by atoms with van der Waals surface area (Å²) in [6, 6.07) is 7.95. The Balaban J connectivity index is 2.63. The van der Waals surface area contributed by atoms with Crippen molar-refractivity contribution in [1.82, 2.24) is 14.5 Å². The summed E-state index contributed by atoms with van der Waals surface area (Å²) in [7, 11) is 0.500. The third-order valence-corrected chi connectivity index (χ3v) is 5.30. The lowest BCUT2D eigenvalue weighted by atomic mass is 10.2. The monoisotopic (exact) mass is 384 g/mol.